The van der Waals surface area contributed by atoms with Crippen molar-refractivity contribution in [2.75, 3.05) is 13.2 Å². The summed E-state index contributed by atoms with van der Waals surface area (Å²) in [7, 11) is 0. The van der Waals surface area contributed by atoms with Gasteiger partial charge >= 0.3 is 5.97 Å². The Hall–Kier alpha value is -2.82. The van der Waals surface area contributed by atoms with Gasteiger partial charge in [0.05, 0.1) is 18.5 Å². The molecule has 134 valence electrons. The van der Waals surface area contributed by atoms with Crippen molar-refractivity contribution >= 4 is 11.9 Å². The zero-order valence-electron chi connectivity index (χ0n) is 14.5. The third kappa shape index (κ3) is 3.43. The van der Waals surface area contributed by atoms with Gasteiger partial charge in [0.2, 0.25) is 5.91 Å². The van der Waals surface area contributed by atoms with Crippen molar-refractivity contribution in [1.29, 1.82) is 0 Å². The van der Waals surface area contributed by atoms with Crippen LogP contribution in [0.25, 0.3) is 0 Å². The van der Waals surface area contributed by atoms with Crippen LogP contribution in [-0.2, 0) is 22.4 Å². The fraction of sp³-hybridized carbons (Fsp3) is 0.333. The highest BCUT2D eigenvalue weighted by Gasteiger charge is 2.31. The highest BCUT2D eigenvalue weighted by atomic mass is 16.5. The smallest absolute Gasteiger partial charge is 0.339 e. The second-order valence-corrected chi connectivity index (χ2v) is 6.67. The molecule has 1 amide bonds. The summed E-state index contributed by atoms with van der Waals surface area (Å²) in [6.45, 7) is 0.823. The molecule has 0 aromatic heterocycles. The third-order valence-electron chi connectivity index (χ3n) is 4.91. The van der Waals surface area contributed by atoms with E-state index in [0.717, 1.165) is 24.2 Å². The molecular weight excluding hydrogens is 330 g/mol. The van der Waals surface area contributed by atoms with E-state index in [1.165, 1.54) is 17.5 Å². The molecule has 5 heteroatoms. The Kier molecular flexibility index (Phi) is 4.61. The van der Waals surface area contributed by atoms with Crippen LogP contribution in [0.15, 0.2) is 42.5 Å². The Morgan fingerprint density at radius 3 is 2.92 bits per heavy atom. The average molecular weight is 351 g/mol. The summed E-state index contributed by atoms with van der Waals surface area (Å²) >= 11 is 0. The number of fused-ring (bicyclic) bond motifs is 2. The summed E-state index contributed by atoms with van der Waals surface area (Å²) in [5.74, 6) is 0.328. The number of carbonyl (C=O) groups is 2. The molecule has 0 unspecified atom stereocenters. The largest absolute Gasteiger partial charge is 0.492 e. The second kappa shape index (κ2) is 7.20. The van der Waals surface area contributed by atoms with Gasteiger partial charge in [0.15, 0.2) is 0 Å². The van der Waals surface area contributed by atoms with Crippen molar-refractivity contribution in [2.24, 2.45) is 0 Å². The number of rotatable bonds is 6. The molecule has 26 heavy (non-hydrogen) atoms. The zero-order chi connectivity index (χ0) is 17.9. The number of hydrogen-bond acceptors (Lipinski definition) is 4. The number of esters is 1. The first kappa shape index (κ1) is 16.6. The Labute approximate surface area is 152 Å². The monoisotopic (exact) mass is 351 g/mol. The van der Waals surface area contributed by atoms with E-state index in [1.54, 1.807) is 12.1 Å². The van der Waals surface area contributed by atoms with Crippen LogP contribution >= 0.6 is 0 Å². The molecule has 0 bridgehead atoms. The van der Waals surface area contributed by atoms with Gasteiger partial charge in [-0.15, -0.1) is 0 Å². The molecular formula is C21H21NO4. The van der Waals surface area contributed by atoms with Crippen LogP contribution in [0.2, 0.25) is 0 Å². The van der Waals surface area contributed by atoms with E-state index in [2.05, 4.69) is 17.4 Å². The lowest BCUT2D eigenvalue weighted by atomic mass is 10.0. The van der Waals surface area contributed by atoms with Gasteiger partial charge in [-0.25, -0.2) is 4.79 Å². The molecule has 0 saturated carbocycles. The molecule has 2 aliphatic rings. The van der Waals surface area contributed by atoms with Crippen molar-refractivity contribution in [2.45, 2.75) is 31.8 Å². The van der Waals surface area contributed by atoms with Gasteiger partial charge in [0.1, 0.15) is 18.5 Å². The maximum absolute atomic E-state index is 12.1. The number of nitrogens with one attached hydrogen (secondary N) is 1. The average Bonchev–Trinajstić information content (AvgIpc) is 3.24. The maximum Gasteiger partial charge on any atom is 0.339 e. The van der Waals surface area contributed by atoms with Crippen molar-refractivity contribution in [3.63, 3.8) is 0 Å². The van der Waals surface area contributed by atoms with Crippen molar-refractivity contribution in [3.05, 3.63) is 64.7 Å². The maximum atomic E-state index is 12.1. The van der Waals surface area contributed by atoms with Crippen LogP contribution in [-0.4, -0.2) is 25.0 Å². The number of hydrogen-bond donors (Lipinski definition) is 1. The summed E-state index contributed by atoms with van der Waals surface area (Å²) < 4.78 is 11.0. The molecule has 0 saturated heterocycles. The van der Waals surface area contributed by atoms with Gasteiger partial charge in [-0.2, -0.15) is 0 Å². The first-order chi connectivity index (χ1) is 12.7. The molecule has 0 radical (unpaired) electrons. The van der Waals surface area contributed by atoms with Crippen LogP contribution in [0.5, 0.6) is 5.75 Å². The molecule has 1 atom stereocenters. The lowest BCUT2D eigenvalue weighted by Crippen LogP contribution is -2.29. The quantitative estimate of drug-likeness (QED) is 0.642. The molecule has 5 nitrogen and oxygen atoms in total. The summed E-state index contributed by atoms with van der Waals surface area (Å²) in [4.78, 5) is 23.9. The molecule has 1 heterocycles. The molecule has 4 rings (SSSR count). The van der Waals surface area contributed by atoms with E-state index >= 15 is 0 Å². The molecule has 2 aromatic rings. The summed E-state index contributed by atoms with van der Waals surface area (Å²) in [5, 5.41) is 2.82. The summed E-state index contributed by atoms with van der Waals surface area (Å²) in [6.07, 6.45) is 3.10. The van der Waals surface area contributed by atoms with E-state index in [-0.39, 0.29) is 18.3 Å². The molecule has 0 spiro atoms. The lowest BCUT2D eigenvalue weighted by molar-refractivity contribution is -0.123. The Balaban J connectivity index is 1.23. The molecule has 2 aromatic carbocycles. The van der Waals surface area contributed by atoms with Crippen LogP contribution < -0.4 is 10.1 Å². The van der Waals surface area contributed by atoms with E-state index in [1.807, 2.05) is 18.2 Å². The molecule has 1 aliphatic carbocycles. The van der Waals surface area contributed by atoms with E-state index in [4.69, 9.17) is 9.47 Å². The predicted molar refractivity (Wildman–Crippen MR) is 96.2 cm³/mol. The van der Waals surface area contributed by atoms with E-state index in [0.29, 0.717) is 18.7 Å². The van der Waals surface area contributed by atoms with Crippen molar-refractivity contribution in [1.82, 2.24) is 5.32 Å². The van der Waals surface area contributed by atoms with Crippen LogP contribution in [0.3, 0.4) is 0 Å². The topological polar surface area (TPSA) is 64.6 Å². The molecule has 1 aliphatic heterocycles. The number of cyclic esters (lactones) is 1. The Morgan fingerprint density at radius 1 is 1.15 bits per heavy atom. The van der Waals surface area contributed by atoms with Crippen molar-refractivity contribution in [3.8, 4) is 5.75 Å². The number of benzene rings is 2. The van der Waals surface area contributed by atoms with Gasteiger partial charge in [-0.3, -0.25) is 4.79 Å². The fourth-order valence-electron chi connectivity index (χ4n) is 3.61. The molecule has 0 fully saturated rings. The predicted octanol–water partition coefficient (Wildman–Crippen LogP) is 2.97. The van der Waals surface area contributed by atoms with E-state index < -0.39 is 6.10 Å². The Bertz CT molecular complexity index is 846. The van der Waals surface area contributed by atoms with Gasteiger partial charge in [-0.1, -0.05) is 24.3 Å². The summed E-state index contributed by atoms with van der Waals surface area (Å²) in [6, 6.07) is 13.4. The van der Waals surface area contributed by atoms with Crippen LogP contribution in [0.1, 0.15) is 46.0 Å². The highest BCUT2D eigenvalue weighted by Crippen LogP contribution is 2.32. The first-order valence-electron chi connectivity index (χ1n) is 9.02. The second-order valence-electron chi connectivity index (χ2n) is 6.67. The number of amides is 1. The minimum Gasteiger partial charge on any atom is -0.492 e. The third-order valence-corrected chi connectivity index (χ3v) is 4.91. The minimum absolute atomic E-state index is 0.127. The Morgan fingerprint density at radius 2 is 2.00 bits per heavy atom. The van der Waals surface area contributed by atoms with Gasteiger partial charge in [-0.05, 0) is 48.6 Å². The van der Waals surface area contributed by atoms with Crippen molar-refractivity contribution < 1.29 is 19.1 Å². The number of ether oxygens (including phenoxy) is 2. The fourth-order valence-corrected chi connectivity index (χ4v) is 3.61. The van der Waals surface area contributed by atoms with Crippen LogP contribution in [0.4, 0.5) is 0 Å². The van der Waals surface area contributed by atoms with Gasteiger partial charge in [0, 0.05) is 5.56 Å². The standard InChI is InChI=1S/C21H21NO4/c23-20(13-19-17-6-1-2-7-18(17)21(24)26-19)22-10-11-25-16-9-8-14-4-3-5-15(14)12-16/h1-2,6-9,12,19H,3-5,10-11,13H2,(H,22,23)/t19-/m1/s1. The SMILES string of the molecule is O=C(C[C@H]1OC(=O)c2ccccc21)NCCOc1ccc2c(c1)CCC2. The highest BCUT2D eigenvalue weighted by molar-refractivity contribution is 5.94. The first-order valence-corrected chi connectivity index (χ1v) is 9.02. The van der Waals surface area contributed by atoms with Gasteiger partial charge in [0.25, 0.3) is 0 Å². The van der Waals surface area contributed by atoms with Crippen LogP contribution in [0, 0.1) is 0 Å². The zero-order valence-corrected chi connectivity index (χ0v) is 14.5. The van der Waals surface area contributed by atoms with E-state index in [9.17, 15) is 9.59 Å². The number of aryl methyl sites for hydroxylation is 2. The lowest BCUT2D eigenvalue weighted by Gasteiger charge is -2.12. The molecule has 1 N–H and O–H groups in total. The minimum atomic E-state index is -0.503. The number of carbonyl (C=O) groups excluding carboxylic acids is 2. The normalized spacial score (nSPS) is 17.4. The summed E-state index contributed by atoms with van der Waals surface area (Å²) in [5.41, 5.74) is 4.11. The van der Waals surface area contributed by atoms with Gasteiger partial charge < -0.3 is 14.8 Å².